The van der Waals surface area contributed by atoms with E-state index in [-0.39, 0.29) is 0 Å². The second-order valence-corrected chi connectivity index (χ2v) is 5.62. The van der Waals surface area contributed by atoms with Crippen molar-refractivity contribution in [2.45, 2.75) is 6.04 Å². The zero-order chi connectivity index (χ0) is 17.6. The third kappa shape index (κ3) is 3.95. The van der Waals surface area contributed by atoms with Crippen molar-refractivity contribution in [2.75, 3.05) is 12.4 Å². The maximum atomic E-state index is 12.5. The molecular formula is C20H19N3O2. The van der Waals surface area contributed by atoms with Crippen molar-refractivity contribution in [1.29, 1.82) is 0 Å². The van der Waals surface area contributed by atoms with Gasteiger partial charge in [-0.15, -0.1) is 0 Å². The molecule has 5 nitrogen and oxygen atoms in total. The molecule has 0 unspecified atom stereocenters. The van der Waals surface area contributed by atoms with Crippen LogP contribution in [0.15, 0.2) is 72.8 Å². The maximum absolute atomic E-state index is 12.5. The Morgan fingerprint density at radius 3 is 2.24 bits per heavy atom. The van der Waals surface area contributed by atoms with E-state index in [1.807, 2.05) is 72.8 Å². The fourth-order valence-corrected chi connectivity index (χ4v) is 2.64. The van der Waals surface area contributed by atoms with Crippen LogP contribution in [0.25, 0.3) is 10.8 Å². The number of urea groups is 1. The number of carbonyl (C=O) groups excluding carboxylic acids is 2. The minimum absolute atomic E-state index is 0.418. The first-order valence-electron chi connectivity index (χ1n) is 8.00. The Bertz CT molecular complexity index is 894. The Kier molecular flexibility index (Phi) is 4.95. The molecule has 3 aromatic rings. The maximum Gasteiger partial charge on any atom is 0.321 e. The summed E-state index contributed by atoms with van der Waals surface area (Å²) in [7, 11) is 1.47. The molecule has 0 spiro atoms. The van der Waals surface area contributed by atoms with E-state index in [1.54, 1.807) is 0 Å². The van der Waals surface area contributed by atoms with E-state index in [4.69, 9.17) is 0 Å². The average molecular weight is 333 g/mol. The van der Waals surface area contributed by atoms with Crippen molar-refractivity contribution < 1.29 is 9.59 Å². The predicted octanol–water partition coefficient (Wildman–Crippen LogP) is 3.45. The second-order valence-electron chi connectivity index (χ2n) is 5.62. The largest absolute Gasteiger partial charge is 0.370 e. The van der Waals surface area contributed by atoms with Gasteiger partial charge < -0.3 is 10.6 Å². The van der Waals surface area contributed by atoms with E-state index < -0.39 is 18.0 Å². The van der Waals surface area contributed by atoms with Crippen molar-refractivity contribution in [3.05, 3.63) is 78.4 Å². The number of fused-ring (bicyclic) bond motifs is 1. The van der Waals surface area contributed by atoms with Crippen LogP contribution < -0.4 is 16.0 Å². The van der Waals surface area contributed by atoms with Gasteiger partial charge in [0.15, 0.2) is 0 Å². The summed E-state index contributed by atoms with van der Waals surface area (Å²) in [5, 5.41) is 10.1. The summed E-state index contributed by atoms with van der Waals surface area (Å²) in [6.45, 7) is 0. The lowest BCUT2D eigenvalue weighted by molar-refractivity contribution is -0.120. The fraction of sp³-hybridized carbons (Fsp3) is 0.100. The van der Waals surface area contributed by atoms with Crippen LogP contribution in [-0.4, -0.2) is 19.0 Å². The third-order valence-corrected chi connectivity index (χ3v) is 3.92. The van der Waals surface area contributed by atoms with E-state index in [9.17, 15) is 9.59 Å². The highest BCUT2D eigenvalue weighted by Gasteiger charge is 2.22. The summed E-state index contributed by atoms with van der Waals surface area (Å²) in [5.41, 5.74) is 1.58. The number of carbonyl (C=O) groups is 2. The number of anilines is 1. The quantitative estimate of drug-likeness (QED) is 0.685. The van der Waals surface area contributed by atoms with Gasteiger partial charge in [-0.05, 0) is 28.5 Å². The number of imide groups is 1. The molecule has 0 heterocycles. The minimum Gasteiger partial charge on any atom is -0.370 e. The summed E-state index contributed by atoms with van der Waals surface area (Å²) in [6, 6.07) is 22.0. The van der Waals surface area contributed by atoms with Gasteiger partial charge in [-0.2, -0.15) is 0 Å². The van der Waals surface area contributed by atoms with Crippen molar-refractivity contribution in [3.63, 3.8) is 0 Å². The summed E-state index contributed by atoms with van der Waals surface area (Å²) in [6.07, 6.45) is 0. The summed E-state index contributed by atoms with van der Waals surface area (Å²) < 4.78 is 0. The summed E-state index contributed by atoms with van der Waals surface area (Å²) >= 11 is 0. The van der Waals surface area contributed by atoms with E-state index in [0.29, 0.717) is 0 Å². The molecule has 0 bridgehead atoms. The lowest BCUT2D eigenvalue weighted by Crippen LogP contribution is -2.42. The smallest absolute Gasteiger partial charge is 0.321 e. The lowest BCUT2D eigenvalue weighted by atomic mass is 10.0. The predicted molar refractivity (Wildman–Crippen MR) is 99.4 cm³/mol. The molecule has 0 radical (unpaired) electrons. The number of hydrogen-bond donors (Lipinski definition) is 3. The van der Waals surface area contributed by atoms with Crippen LogP contribution in [0, 0.1) is 0 Å². The van der Waals surface area contributed by atoms with E-state index >= 15 is 0 Å². The molecule has 3 N–H and O–H groups in total. The van der Waals surface area contributed by atoms with Crippen molar-refractivity contribution >= 4 is 28.4 Å². The number of nitrogens with one attached hydrogen (secondary N) is 3. The molecule has 126 valence electrons. The fourth-order valence-electron chi connectivity index (χ4n) is 2.64. The van der Waals surface area contributed by atoms with Gasteiger partial charge in [-0.25, -0.2) is 4.79 Å². The van der Waals surface area contributed by atoms with Crippen LogP contribution >= 0.6 is 0 Å². The molecule has 3 aromatic carbocycles. The monoisotopic (exact) mass is 333 g/mol. The van der Waals surface area contributed by atoms with Gasteiger partial charge >= 0.3 is 6.03 Å². The number of benzene rings is 3. The first-order chi connectivity index (χ1) is 12.2. The molecular weight excluding hydrogens is 314 g/mol. The molecule has 0 saturated heterocycles. The Hall–Kier alpha value is -3.34. The average Bonchev–Trinajstić information content (AvgIpc) is 2.66. The molecule has 0 fully saturated rings. The molecule has 1 atom stereocenters. The Morgan fingerprint density at radius 1 is 0.840 bits per heavy atom. The minimum atomic E-state index is -0.681. The standard InChI is InChI=1S/C20H19N3O2/c1-21-20(25)23-19(24)18(15-8-3-2-4-9-15)22-17-12-11-14-7-5-6-10-16(14)13-17/h2-13,18,22H,1H3,(H2,21,23,24,25)/t18-/m0/s1. The van der Waals surface area contributed by atoms with Gasteiger partial charge in [0.25, 0.3) is 5.91 Å². The van der Waals surface area contributed by atoms with Crippen LogP contribution in [-0.2, 0) is 4.79 Å². The van der Waals surface area contributed by atoms with Gasteiger partial charge in [-0.3, -0.25) is 10.1 Å². The topological polar surface area (TPSA) is 70.2 Å². The highest BCUT2D eigenvalue weighted by atomic mass is 16.2. The number of rotatable bonds is 4. The first-order valence-corrected chi connectivity index (χ1v) is 8.00. The number of hydrogen-bond acceptors (Lipinski definition) is 3. The Balaban J connectivity index is 1.90. The molecule has 0 aliphatic carbocycles. The first kappa shape index (κ1) is 16.5. The Labute approximate surface area is 146 Å². The molecule has 3 rings (SSSR count). The molecule has 0 aliphatic rings. The molecule has 25 heavy (non-hydrogen) atoms. The van der Waals surface area contributed by atoms with Gasteiger partial charge in [-0.1, -0.05) is 60.7 Å². The van der Waals surface area contributed by atoms with Gasteiger partial charge in [0.2, 0.25) is 0 Å². The zero-order valence-electron chi connectivity index (χ0n) is 13.8. The van der Waals surface area contributed by atoms with E-state index in [1.165, 1.54) is 7.05 Å². The molecule has 0 aromatic heterocycles. The summed E-state index contributed by atoms with van der Waals surface area (Å²) in [5.74, 6) is -0.418. The normalized spacial score (nSPS) is 11.6. The highest BCUT2D eigenvalue weighted by Crippen LogP contribution is 2.24. The van der Waals surface area contributed by atoms with Gasteiger partial charge in [0, 0.05) is 12.7 Å². The van der Waals surface area contributed by atoms with E-state index in [2.05, 4.69) is 16.0 Å². The molecule has 3 amide bonds. The van der Waals surface area contributed by atoms with Crippen molar-refractivity contribution in [1.82, 2.24) is 10.6 Å². The van der Waals surface area contributed by atoms with Crippen LogP contribution in [0.1, 0.15) is 11.6 Å². The van der Waals surface area contributed by atoms with Crippen molar-refractivity contribution in [3.8, 4) is 0 Å². The van der Waals surface area contributed by atoms with Crippen molar-refractivity contribution in [2.24, 2.45) is 0 Å². The van der Waals surface area contributed by atoms with Crippen LogP contribution in [0.4, 0.5) is 10.5 Å². The van der Waals surface area contributed by atoms with Crippen LogP contribution in [0.5, 0.6) is 0 Å². The van der Waals surface area contributed by atoms with E-state index in [0.717, 1.165) is 22.0 Å². The lowest BCUT2D eigenvalue weighted by Gasteiger charge is -2.20. The van der Waals surface area contributed by atoms with Crippen LogP contribution in [0.3, 0.4) is 0 Å². The second kappa shape index (κ2) is 7.49. The van der Waals surface area contributed by atoms with Crippen LogP contribution in [0.2, 0.25) is 0 Å². The SMILES string of the molecule is CNC(=O)NC(=O)[C@@H](Nc1ccc2ccccc2c1)c1ccccc1. The van der Waals surface area contributed by atoms with Gasteiger partial charge in [0.05, 0.1) is 0 Å². The highest BCUT2D eigenvalue weighted by molar-refractivity contribution is 5.99. The van der Waals surface area contributed by atoms with Gasteiger partial charge in [0.1, 0.15) is 6.04 Å². The molecule has 0 aliphatic heterocycles. The zero-order valence-corrected chi connectivity index (χ0v) is 13.8. The summed E-state index contributed by atoms with van der Waals surface area (Å²) in [4.78, 5) is 24.1. The Morgan fingerprint density at radius 2 is 1.52 bits per heavy atom. The third-order valence-electron chi connectivity index (χ3n) is 3.92. The number of amides is 3. The molecule has 5 heteroatoms. The molecule has 0 saturated carbocycles.